The van der Waals surface area contributed by atoms with E-state index >= 15 is 0 Å². The van der Waals surface area contributed by atoms with E-state index in [2.05, 4.69) is 35.6 Å². The molecule has 136 valence electrons. The van der Waals surface area contributed by atoms with Crippen molar-refractivity contribution in [2.45, 2.75) is 46.1 Å². The molecule has 4 rings (SSSR count). The molecule has 25 heavy (non-hydrogen) atoms. The lowest BCUT2D eigenvalue weighted by atomic mass is 9.65. The lowest BCUT2D eigenvalue weighted by Gasteiger charge is -2.39. The molecule has 0 aromatic carbocycles. The van der Waals surface area contributed by atoms with Crippen molar-refractivity contribution in [1.29, 1.82) is 0 Å². The summed E-state index contributed by atoms with van der Waals surface area (Å²) in [6.07, 6.45) is 5.22. The maximum atomic E-state index is 13.2. The average Bonchev–Trinajstić information content (AvgIpc) is 2.84. The predicted octanol–water partition coefficient (Wildman–Crippen LogP) is 2.96. The number of likely N-dealkylation sites (tertiary alicyclic amines) is 1. The summed E-state index contributed by atoms with van der Waals surface area (Å²) >= 11 is 0. The monoisotopic (exact) mass is 343 g/mol. The highest BCUT2D eigenvalue weighted by Crippen LogP contribution is 2.52. The van der Waals surface area contributed by atoms with E-state index in [1.54, 1.807) is 6.20 Å². The van der Waals surface area contributed by atoms with Gasteiger partial charge in [-0.05, 0) is 42.2 Å². The molecule has 1 saturated carbocycles. The van der Waals surface area contributed by atoms with E-state index in [9.17, 15) is 4.79 Å². The van der Waals surface area contributed by atoms with Gasteiger partial charge in [-0.25, -0.2) is 4.98 Å². The van der Waals surface area contributed by atoms with Crippen LogP contribution in [0.15, 0.2) is 18.3 Å². The Morgan fingerprint density at radius 1 is 1.24 bits per heavy atom. The van der Waals surface area contributed by atoms with Crippen LogP contribution in [0.25, 0.3) is 0 Å². The topological polar surface area (TPSA) is 45.7 Å². The van der Waals surface area contributed by atoms with Crippen LogP contribution in [0.1, 0.15) is 50.4 Å². The first-order valence-electron chi connectivity index (χ1n) is 9.45. The first-order chi connectivity index (χ1) is 11.9. The Hall–Kier alpha value is -1.62. The van der Waals surface area contributed by atoms with Crippen molar-refractivity contribution >= 4 is 11.7 Å². The largest absolute Gasteiger partial charge is 0.378 e. The SMILES string of the molecule is CC1(C)CC2CC(C)(CN2C(=O)c2ccnc(N3CCOCC3)c2)C1. The number of carbonyl (C=O) groups is 1. The smallest absolute Gasteiger partial charge is 0.254 e. The predicted molar refractivity (Wildman–Crippen MR) is 97.8 cm³/mol. The van der Waals surface area contributed by atoms with Crippen molar-refractivity contribution < 1.29 is 9.53 Å². The van der Waals surface area contributed by atoms with Gasteiger partial charge >= 0.3 is 0 Å². The average molecular weight is 343 g/mol. The molecule has 1 aromatic rings. The van der Waals surface area contributed by atoms with Crippen molar-refractivity contribution in [2.75, 3.05) is 37.7 Å². The Kier molecular flexibility index (Phi) is 4.02. The number of hydrogen-bond acceptors (Lipinski definition) is 4. The molecule has 3 heterocycles. The number of rotatable bonds is 2. The first-order valence-corrected chi connectivity index (χ1v) is 9.45. The molecule has 2 atom stereocenters. The van der Waals surface area contributed by atoms with Gasteiger partial charge in [-0.15, -0.1) is 0 Å². The number of ether oxygens (including phenoxy) is 1. The van der Waals surface area contributed by atoms with E-state index in [-0.39, 0.29) is 11.3 Å². The van der Waals surface area contributed by atoms with Gasteiger partial charge in [0.25, 0.3) is 5.91 Å². The summed E-state index contributed by atoms with van der Waals surface area (Å²) in [7, 11) is 0. The van der Waals surface area contributed by atoms with Crippen LogP contribution in [0.5, 0.6) is 0 Å². The highest BCUT2D eigenvalue weighted by Gasteiger charge is 2.51. The summed E-state index contributed by atoms with van der Waals surface area (Å²) < 4.78 is 5.41. The number of amides is 1. The van der Waals surface area contributed by atoms with Crippen LogP contribution in [0, 0.1) is 10.8 Å². The number of aromatic nitrogens is 1. The third-order valence-corrected chi connectivity index (χ3v) is 6.00. The summed E-state index contributed by atoms with van der Waals surface area (Å²) in [5.41, 5.74) is 1.36. The molecule has 1 aromatic heterocycles. The van der Waals surface area contributed by atoms with E-state index in [0.717, 1.165) is 57.1 Å². The number of fused-ring (bicyclic) bond motifs is 2. The minimum absolute atomic E-state index is 0.170. The quantitative estimate of drug-likeness (QED) is 0.828. The third-order valence-electron chi connectivity index (χ3n) is 6.00. The Labute approximate surface area is 150 Å². The lowest BCUT2D eigenvalue weighted by Crippen LogP contribution is -2.38. The van der Waals surface area contributed by atoms with Gasteiger partial charge in [-0.2, -0.15) is 0 Å². The van der Waals surface area contributed by atoms with Crippen molar-refractivity contribution in [3.8, 4) is 0 Å². The van der Waals surface area contributed by atoms with Crippen LogP contribution in [0.3, 0.4) is 0 Å². The Morgan fingerprint density at radius 2 is 2.00 bits per heavy atom. The number of anilines is 1. The van der Waals surface area contributed by atoms with Gasteiger partial charge in [0, 0.05) is 37.4 Å². The molecule has 3 aliphatic rings. The molecule has 2 bridgehead atoms. The van der Waals surface area contributed by atoms with E-state index < -0.39 is 0 Å². The highest BCUT2D eigenvalue weighted by atomic mass is 16.5. The Balaban J connectivity index is 1.55. The van der Waals surface area contributed by atoms with Gasteiger partial charge in [0.2, 0.25) is 0 Å². The number of hydrogen-bond donors (Lipinski definition) is 0. The van der Waals surface area contributed by atoms with E-state index in [1.807, 2.05) is 12.1 Å². The maximum Gasteiger partial charge on any atom is 0.254 e. The van der Waals surface area contributed by atoms with Crippen molar-refractivity contribution in [1.82, 2.24) is 9.88 Å². The van der Waals surface area contributed by atoms with Gasteiger partial charge in [-0.1, -0.05) is 20.8 Å². The van der Waals surface area contributed by atoms with Gasteiger partial charge < -0.3 is 14.5 Å². The molecule has 3 fully saturated rings. The fourth-order valence-electron chi connectivity index (χ4n) is 5.38. The molecule has 0 N–H and O–H groups in total. The summed E-state index contributed by atoms with van der Waals surface area (Å²) in [6.45, 7) is 11.0. The zero-order chi connectivity index (χ0) is 17.7. The van der Waals surface area contributed by atoms with Crippen molar-refractivity contribution in [2.24, 2.45) is 10.8 Å². The number of pyridine rings is 1. The molecule has 2 unspecified atom stereocenters. The second kappa shape index (κ2) is 5.97. The fourth-order valence-corrected chi connectivity index (χ4v) is 5.38. The van der Waals surface area contributed by atoms with E-state index in [0.29, 0.717) is 11.5 Å². The molecule has 0 spiro atoms. The first kappa shape index (κ1) is 16.8. The molecular formula is C20H29N3O2. The molecule has 0 radical (unpaired) electrons. The molecule has 2 aliphatic heterocycles. The molecule has 1 aliphatic carbocycles. The maximum absolute atomic E-state index is 13.2. The lowest BCUT2D eigenvalue weighted by molar-refractivity contribution is 0.0708. The van der Waals surface area contributed by atoms with Crippen LogP contribution in [0.2, 0.25) is 0 Å². The molecule has 1 amide bonds. The zero-order valence-corrected chi connectivity index (χ0v) is 15.6. The molecule has 5 nitrogen and oxygen atoms in total. The van der Waals surface area contributed by atoms with Crippen LogP contribution in [-0.2, 0) is 4.74 Å². The molecule has 5 heteroatoms. The van der Waals surface area contributed by atoms with Gasteiger partial charge in [-0.3, -0.25) is 4.79 Å². The van der Waals surface area contributed by atoms with Crippen LogP contribution in [-0.4, -0.2) is 54.7 Å². The van der Waals surface area contributed by atoms with Gasteiger partial charge in [0.15, 0.2) is 0 Å². The van der Waals surface area contributed by atoms with Crippen molar-refractivity contribution in [3.05, 3.63) is 23.9 Å². The van der Waals surface area contributed by atoms with Crippen LogP contribution >= 0.6 is 0 Å². The standard InChI is InChI=1S/C20H29N3O2/c1-19(2)11-16-12-20(3,13-19)14-23(16)18(24)15-4-5-21-17(10-15)22-6-8-25-9-7-22/h4-5,10,16H,6-9,11-14H2,1-3H3. The number of nitrogens with zero attached hydrogens (tertiary/aromatic N) is 3. The number of morpholine rings is 1. The second-order valence-electron chi connectivity index (χ2n) is 9.15. The normalized spacial score (nSPS) is 31.2. The summed E-state index contributed by atoms with van der Waals surface area (Å²) in [6, 6.07) is 4.20. The molecular weight excluding hydrogens is 314 g/mol. The van der Waals surface area contributed by atoms with E-state index in [4.69, 9.17) is 4.74 Å². The fraction of sp³-hybridized carbons (Fsp3) is 0.700. The summed E-state index contributed by atoms with van der Waals surface area (Å²) in [5.74, 6) is 1.06. The van der Waals surface area contributed by atoms with Crippen LogP contribution in [0.4, 0.5) is 5.82 Å². The minimum atomic E-state index is 0.170. The summed E-state index contributed by atoms with van der Waals surface area (Å²) in [5, 5.41) is 0. The summed E-state index contributed by atoms with van der Waals surface area (Å²) in [4.78, 5) is 22.0. The third kappa shape index (κ3) is 3.26. The molecule has 2 saturated heterocycles. The second-order valence-corrected chi connectivity index (χ2v) is 9.15. The van der Waals surface area contributed by atoms with Gasteiger partial charge in [0.05, 0.1) is 13.2 Å². The Bertz CT molecular complexity index is 669. The zero-order valence-electron chi connectivity index (χ0n) is 15.6. The number of carbonyl (C=O) groups excluding carboxylic acids is 1. The highest BCUT2D eigenvalue weighted by molar-refractivity contribution is 5.95. The van der Waals surface area contributed by atoms with E-state index in [1.165, 1.54) is 6.42 Å². The van der Waals surface area contributed by atoms with Gasteiger partial charge in [0.1, 0.15) is 5.82 Å². The van der Waals surface area contributed by atoms with Crippen molar-refractivity contribution in [3.63, 3.8) is 0 Å². The Morgan fingerprint density at radius 3 is 2.76 bits per heavy atom. The minimum Gasteiger partial charge on any atom is -0.378 e. The van der Waals surface area contributed by atoms with Crippen LogP contribution < -0.4 is 4.90 Å².